The van der Waals surface area contributed by atoms with Crippen LogP contribution in [0.5, 0.6) is 0 Å². The maximum Gasteiger partial charge on any atom is 0.421 e. The minimum Gasteiger partial charge on any atom is -0.389 e. The Morgan fingerprint density at radius 3 is 2.52 bits per heavy atom. The minimum atomic E-state index is -4.73. The molecule has 2 aromatic carbocycles. The molecule has 0 radical (unpaired) electrons. The molecule has 2 aliphatic rings. The van der Waals surface area contributed by atoms with Gasteiger partial charge in [0.1, 0.15) is 17.2 Å². The molecule has 44 heavy (non-hydrogen) atoms. The number of carbonyl (C=O) groups is 1. The van der Waals surface area contributed by atoms with E-state index in [0.29, 0.717) is 29.6 Å². The normalized spacial score (nSPS) is 17.4. The second-order valence-corrected chi connectivity index (χ2v) is 12.9. The largest absolute Gasteiger partial charge is 0.421 e. The summed E-state index contributed by atoms with van der Waals surface area (Å²) in [5.41, 5.74) is 1.07. The van der Waals surface area contributed by atoms with Crippen molar-refractivity contribution in [3.8, 4) is 0 Å². The van der Waals surface area contributed by atoms with Crippen molar-refractivity contribution in [2.45, 2.75) is 77.1 Å². The van der Waals surface area contributed by atoms with Crippen molar-refractivity contribution < 1.29 is 27.5 Å². The molecule has 1 saturated heterocycles. The number of benzene rings is 2. The van der Waals surface area contributed by atoms with E-state index in [-0.39, 0.29) is 30.0 Å². The lowest BCUT2D eigenvalue weighted by atomic mass is 9.83. The molecule has 12 heteroatoms. The van der Waals surface area contributed by atoms with Crippen molar-refractivity contribution in [1.82, 2.24) is 14.9 Å². The monoisotopic (exact) mass is 614 g/mol. The van der Waals surface area contributed by atoms with Gasteiger partial charge in [0, 0.05) is 25.0 Å². The predicted molar refractivity (Wildman–Crippen MR) is 162 cm³/mol. The fraction of sp³-hybridized carbons (Fsp3) is 0.469. The smallest absolute Gasteiger partial charge is 0.389 e. The van der Waals surface area contributed by atoms with Gasteiger partial charge in [0.2, 0.25) is 11.9 Å². The lowest BCUT2D eigenvalue weighted by Gasteiger charge is -2.36. The molecule has 0 spiro atoms. The third-order valence-electron chi connectivity index (χ3n) is 8.37. The van der Waals surface area contributed by atoms with Crippen molar-refractivity contribution in [2.24, 2.45) is 0 Å². The average Bonchev–Trinajstić information content (AvgIpc) is 3.16. The van der Waals surface area contributed by atoms with Gasteiger partial charge < -0.3 is 26.0 Å². The Bertz CT molecular complexity index is 1560. The van der Waals surface area contributed by atoms with Crippen molar-refractivity contribution in [3.63, 3.8) is 0 Å². The molecule has 3 aromatic rings. The maximum absolute atomic E-state index is 15.3. The van der Waals surface area contributed by atoms with Crippen LogP contribution in [0.4, 0.5) is 40.7 Å². The third kappa shape index (κ3) is 6.66. The second kappa shape index (κ2) is 11.6. The number of aromatic nitrogens is 2. The Hall–Kier alpha value is -3.77. The summed E-state index contributed by atoms with van der Waals surface area (Å²) >= 11 is 0. The highest BCUT2D eigenvalue weighted by molar-refractivity contribution is 6.06. The van der Waals surface area contributed by atoms with Gasteiger partial charge in [0.15, 0.2) is 0 Å². The van der Waals surface area contributed by atoms with Crippen molar-refractivity contribution in [1.29, 1.82) is 0 Å². The predicted octanol–water partition coefficient (Wildman–Crippen LogP) is 6.48. The van der Waals surface area contributed by atoms with Crippen LogP contribution in [0.25, 0.3) is 0 Å². The van der Waals surface area contributed by atoms with E-state index in [4.69, 9.17) is 0 Å². The van der Waals surface area contributed by atoms with E-state index in [1.807, 2.05) is 6.92 Å². The number of alkyl halides is 3. The van der Waals surface area contributed by atoms with Gasteiger partial charge in [0.05, 0.1) is 16.7 Å². The molecule has 0 saturated carbocycles. The van der Waals surface area contributed by atoms with E-state index in [0.717, 1.165) is 37.1 Å². The number of piperidine rings is 1. The van der Waals surface area contributed by atoms with Crippen LogP contribution in [0.15, 0.2) is 36.5 Å². The van der Waals surface area contributed by atoms with E-state index in [1.165, 1.54) is 6.07 Å². The van der Waals surface area contributed by atoms with E-state index in [2.05, 4.69) is 30.8 Å². The highest BCUT2D eigenvalue weighted by atomic mass is 19.4. The van der Waals surface area contributed by atoms with Gasteiger partial charge in [-0.25, -0.2) is 9.37 Å². The van der Waals surface area contributed by atoms with E-state index >= 15 is 4.39 Å². The van der Waals surface area contributed by atoms with E-state index in [1.54, 1.807) is 52.0 Å². The summed E-state index contributed by atoms with van der Waals surface area (Å²) in [6, 6.07) is 8.33. The lowest BCUT2D eigenvalue weighted by Crippen LogP contribution is -2.42. The molecule has 1 fully saturated rings. The number of halogens is 4. The first-order valence-corrected chi connectivity index (χ1v) is 14.7. The molecule has 4 N–H and O–H groups in total. The summed E-state index contributed by atoms with van der Waals surface area (Å²) in [7, 11) is 0. The first kappa shape index (κ1) is 31.6. The number of anilines is 4. The minimum absolute atomic E-state index is 0.0299. The standard InChI is InChI=1S/C32H38F4N6O2/c1-18-13-25(23(33)14-21(18)19-9-11-42(12-10-19)17-30(2,3)44)40-29-38-16-22(32(34,35)36)27(41-29)37-15-20-7-6-8-24-26(20)31(4,5)28(43)39-24/h6-8,13-14,16,19,44H,9-12,15,17H2,1-5H3,(H,39,43)(H2,37,38,40,41). The number of likely N-dealkylation sites (tertiary alicyclic amines) is 1. The third-order valence-corrected chi connectivity index (χ3v) is 8.37. The Morgan fingerprint density at radius 1 is 1.16 bits per heavy atom. The molecular weight excluding hydrogens is 576 g/mol. The van der Waals surface area contributed by atoms with Crippen molar-refractivity contribution in [2.75, 3.05) is 35.6 Å². The topological polar surface area (TPSA) is 102 Å². The summed E-state index contributed by atoms with van der Waals surface area (Å²) < 4.78 is 57.0. The number of hydrogen-bond donors (Lipinski definition) is 4. The zero-order chi connectivity index (χ0) is 32.0. The molecule has 2 aliphatic heterocycles. The Labute approximate surface area is 254 Å². The van der Waals surface area contributed by atoms with E-state index in [9.17, 15) is 23.1 Å². The van der Waals surface area contributed by atoms with Gasteiger partial charge in [-0.05, 0) is 107 Å². The number of hydrogen-bond acceptors (Lipinski definition) is 7. The summed E-state index contributed by atoms with van der Waals surface area (Å²) in [6.07, 6.45) is -2.41. The van der Waals surface area contributed by atoms with Crippen molar-refractivity contribution in [3.05, 3.63) is 70.2 Å². The molecule has 0 unspecified atom stereocenters. The number of nitrogens with one attached hydrogen (secondary N) is 3. The molecule has 8 nitrogen and oxygen atoms in total. The Morgan fingerprint density at radius 2 is 1.86 bits per heavy atom. The average molecular weight is 615 g/mol. The molecule has 3 heterocycles. The van der Waals surface area contributed by atoms with Crippen LogP contribution in [0.1, 0.15) is 74.3 Å². The van der Waals surface area contributed by atoms with Gasteiger partial charge in [0.25, 0.3) is 0 Å². The van der Waals surface area contributed by atoms with Crippen LogP contribution in [0.3, 0.4) is 0 Å². The number of aliphatic hydroxyl groups is 1. The van der Waals surface area contributed by atoms with Gasteiger partial charge in [-0.3, -0.25) is 4.79 Å². The summed E-state index contributed by atoms with van der Waals surface area (Å²) in [6.45, 7) is 11.1. The fourth-order valence-electron chi connectivity index (χ4n) is 6.25. The van der Waals surface area contributed by atoms with Crippen LogP contribution in [-0.2, 0) is 22.9 Å². The number of β-amino-alcohol motifs (C(OH)–C–C–N with tert-alkyl or cyclic N) is 1. The van der Waals surface area contributed by atoms with Gasteiger partial charge in [-0.15, -0.1) is 0 Å². The summed E-state index contributed by atoms with van der Waals surface area (Å²) in [5, 5.41) is 18.5. The SMILES string of the molecule is Cc1cc(Nc2ncc(C(F)(F)F)c(NCc3cccc4c3C(C)(C)C(=O)N4)n2)c(F)cc1C1CCN(CC(C)(C)O)CC1. The zero-order valence-corrected chi connectivity index (χ0v) is 25.5. The Kier molecular flexibility index (Phi) is 8.36. The lowest BCUT2D eigenvalue weighted by molar-refractivity contribution is -0.137. The number of amides is 1. The molecule has 5 rings (SSSR count). The molecular formula is C32H38F4N6O2. The first-order chi connectivity index (χ1) is 20.5. The van der Waals surface area contributed by atoms with Crippen LogP contribution < -0.4 is 16.0 Å². The highest BCUT2D eigenvalue weighted by Crippen LogP contribution is 2.41. The quantitative estimate of drug-likeness (QED) is 0.216. The van der Waals surface area contributed by atoms with Crippen LogP contribution in [-0.4, -0.2) is 51.1 Å². The molecule has 0 bridgehead atoms. The number of rotatable bonds is 8. The molecule has 1 amide bonds. The summed E-state index contributed by atoms with van der Waals surface area (Å²) in [5.74, 6) is -1.24. The number of nitrogens with zero attached hydrogens (tertiary/aromatic N) is 3. The number of fused-ring (bicyclic) bond motifs is 1. The molecule has 236 valence electrons. The highest BCUT2D eigenvalue weighted by Gasteiger charge is 2.40. The number of carbonyl (C=O) groups excluding carboxylic acids is 1. The van der Waals surface area contributed by atoms with Crippen LogP contribution >= 0.6 is 0 Å². The van der Waals surface area contributed by atoms with Gasteiger partial charge >= 0.3 is 6.18 Å². The fourth-order valence-corrected chi connectivity index (χ4v) is 6.25. The second-order valence-electron chi connectivity index (χ2n) is 12.9. The summed E-state index contributed by atoms with van der Waals surface area (Å²) in [4.78, 5) is 22.6. The molecule has 1 aromatic heterocycles. The first-order valence-electron chi connectivity index (χ1n) is 14.7. The Balaban J connectivity index is 1.35. The molecule has 0 aliphatic carbocycles. The van der Waals surface area contributed by atoms with Gasteiger partial charge in [-0.2, -0.15) is 18.2 Å². The zero-order valence-electron chi connectivity index (χ0n) is 25.5. The van der Waals surface area contributed by atoms with Crippen LogP contribution in [0.2, 0.25) is 0 Å². The number of aryl methyl sites for hydroxylation is 1. The van der Waals surface area contributed by atoms with E-state index < -0.39 is 34.4 Å². The van der Waals surface area contributed by atoms with Crippen LogP contribution in [0, 0.1) is 12.7 Å². The van der Waals surface area contributed by atoms with Crippen molar-refractivity contribution >= 4 is 29.0 Å². The molecule has 0 atom stereocenters. The van der Waals surface area contributed by atoms with Gasteiger partial charge in [-0.1, -0.05) is 12.1 Å². The maximum atomic E-state index is 15.3.